The average Bonchev–Trinajstić information content (AvgIpc) is 4.09. The van der Waals surface area contributed by atoms with Crippen molar-refractivity contribution in [1.82, 2.24) is 9.13 Å². The molecule has 0 unspecified atom stereocenters. The second kappa shape index (κ2) is 12.8. The van der Waals surface area contributed by atoms with Gasteiger partial charge in [-0.05, 0) is 118 Å². The van der Waals surface area contributed by atoms with Gasteiger partial charge in [0.05, 0.1) is 26.8 Å². The van der Waals surface area contributed by atoms with E-state index in [1.807, 2.05) is 11.3 Å². The Labute approximate surface area is 359 Å². The molecule has 0 spiro atoms. The van der Waals surface area contributed by atoms with Crippen molar-refractivity contribution in [2.75, 3.05) is 0 Å². The van der Waals surface area contributed by atoms with E-state index in [-0.39, 0.29) is 0 Å². The van der Waals surface area contributed by atoms with Gasteiger partial charge in [0.2, 0.25) is 0 Å². The molecule has 14 aromatic rings. The maximum absolute atomic E-state index is 6.50. The fourth-order valence-corrected chi connectivity index (χ4v) is 11.6. The molecule has 0 saturated heterocycles. The van der Waals surface area contributed by atoms with E-state index >= 15 is 0 Å². The summed E-state index contributed by atoms with van der Waals surface area (Å²) in [6.07, 6.45) is 0. The highest BCUT2D eigenvalue weighted by Gasteiger charge is 2.23. The van der Waals surface area contributed by atoms with E-state index < -0.39 is 0 Å². The molecule has 0 bridgehead atoms. The van der Waals surface area contributed by atoms with E-state index in [0.29, 0.717) is 0 Å². The van der Waals surface area contributed by atoms with E-state index in [1.54, 1.807) is 0 Å². The van der Waals surface area contributed by atoms with Crippen LogP contribution in [0.3, 0.4) is 0 Å². The number of rotatable bonds is 4. The van der Waals surface area contributed by atoms with Crippen molar-refractivity contribution in [3.8, 4) is 33.6 Å². The van der Waals surface area contributed by atoms with E-state index in [4.69, 9.17) is 4.42 Å². The summed E-state index contributed by atoms with van der Waals surface area (Å²) in [7, 11) is 0. The predicted octanol–water partition coefficient (Wildman–Crippen LogP) is 16.6. The van der Waals surface area contributed by atoms with Crippen LogP contribution in [0.2, 0.25) is 0 Å². The zero-order valence-electron chi connectivity index (χ0n) is 33.3. The molecule has 4 heterocycles. The molecular weight excluding hydrogens is 773 g/mol. The molecule has 0 atom stereocenters. The fraction of sp³-hybridized carbons (Fsp3) is 0. The minimum atomic E-state index is 0.891. The van der Waals surface area contributed by atoms with Gasteiger partial charge in [-0.2, -0.15) is 0 Å². The predicted molar refractivity (Wildman–Crippen MR) is 264 cm³/mol. The second-order valence-corrected chi connectivity index (χ2v) is 17.5. The molecule has 10 aromatic carbocycles. The van der Waals surface area contributed by atoms with Gasteiger partial charge in [0.25, 0.3) is 0 Å². The first-order chi connectivity index (χ1) is 30.7. The molecule has 0 radical (unpaired) electrons. The highest BCUT2D eigenvalue weighted by molar-refractivity contribution is 7.27. The van der Waals surface area contributed by atoms with Gasteiger partial charge in [-0.3, -0.25) is 0 Å². The summed E-state index contributed by atoms with van der Waals surface area (Å²) in [6, 6.07) is 75.3. The van der Waals surface area contributed by atoms with Gasteiger partial charge in [-0.25, -0.2) is 0 Å². The van der Waals surface area contributed by atoms with Crippen molar-refractivity contribution >= 4 is 108 Å². The number of fused-ring (bicyclic) bond motifs is 16. The number of aromatic nitrogens is 2. The van der Waals surface area contributed by atoms with E-state index in [0.717, 1.165) is 38.9 Å². The lowest BCUT2D eigenvalue weighted by molar-refractivity contribution is 0.669. The van der Waals surface area contributed by atoms with Gasteiger partial charge >= 0.3 is 0 Å². The Morgan fingerprint density at radius 2 is 0.790 bits per heavy atom. The van der Waals surface area contributed by atoms with Crippen molar-refractivity contribution in [1.29, 1.82) is 0 Å². The number of hydrogen-bond donors (Lipinski definition) is 0. The summed E-state index contributed by atoms with van der Waals surface area (Å²) in [5, 5.41) is 12.5. The standard InChI is InChI=1S/C58H34N2OS/c1-3-13-39(14-4-1)59-49-21-11-9-17-41(49)45-31-35(23-27-50(45)59)37-25-29-52-46(32-37)47-33-38(26-30-53(47)61-52)36-24-28-51-48(34-36)55-42-18-7-8-19-43(42)56-44-20-10-12-22-54(44)62-58(56)57(55)60(51)40-15-5-2-6-16-40/h1-34H. The number of nitrogens with zero attached hydrogens (tertiary/aromatic N) is 2. The van der Waals surface area contributed by atoms with Crippen molar-refractivity contribution in [2.45, 2.75) is 0 Å². The van der Waals surface area contributed by atoms with Crippen LogP contribution in [-0.4, -0.2) is 9.13 Å². The molecule has 14 rings (SSSR count). The summed E-state index contributed by atoms with van der Waals surface area (Å²) in [6.45, 7) is 0. The number of benzene rings is 10. The van der Waals surface area contributed by atoms with Crippen LogP contribution in [0.4, 0.5) is 0 Å². The normalized spacial score (nSPS) is 12.2. The molecule has 0 saturated carbocycles. The summed E-state index contributed by atoms with van der Waals surface area (Å²) in [5.41, 5.74) is 13.7. The first-order valence-corrected chi connectivity index (χ1v) is 22.0. The zero-order chi connectivity index (χ0) is 40.5. The van der Waals surface area contributed by atoms with Gasteiger partial charge < -0.3 is 13.6 Å². The minimum absolute atomic E-state index is 0.891. The Balaban J connectivity index is 0.960. The largest absolute Gasteiger partial charge is 0.456 e. The third-order valence-corrected chi connectivity index (χ3v) is 14.3. The van der Waals surface area contributed by atoms with E-state index in [9.17, 15) is 0 Å². The molecular formula is C58H34N2OS. The number of thiophene rings is 1. The lowest BCUT2D eigenvalue weighted by atomic mass is 9.96. The summed E-state index contributed by atoms with van der Waals surface area (Å²) in [5.74, 6) is 0. The molecule has 0 fully saturated rings. The summed E-state index contributed by atoms with van der Waals surface area (Å²) >= 11 is 1.90. The van der Waals surface area contributed by atoms with Gasteiger partial charge in [0.1, 0.15) is 11.2 Å². The first kappa shape index (κ1) is 33.9. The second-order valence-electron chi connectivity index (χ2n) is 16.4. The summed E-state index contributed by atoms with van der Waals surface area (Å²) < 4.78 is 14.0. The van der Waals surface area contributed by atoms with Gasteiger partial charge in [-0.15, -0.1) is 11.3 Å². The van der Waals surface area contributed by atoms with Crippen LogP contribution in [0.25, 0.3) is 130 Å². The Bertz CT molecular complexity index is 4150. The molecule has 0 amide bonds. The number of para-hydroxylation sites is 3. The maximum Gasteiger partial charge on any atom is 0.135 e. The van der Waals surface area contributed by atoms with Crippen molar-refractivity contribution in [2.24, 2.45) is 0 Å². The average molecular weight is 807 g/mol. The van der Waals surface area contributed by atoms with Crippen molar-refractivity contribution in [3.05, 3.63) is 206 Å². The lowest BCUT2D eigenvalue weighted by Crippen LogP contribution is -1.93. The van der Waals surface area contributed by atoms with Crippen LogP contribution in [-0.2, 0) is 0 Å². The van der Waals surface area contributed by atoms with Crippen LogP contribution in [0, 0.1) is 0 Å². The van der Waals surface area contributed by atoms with Crippen molar-refractivity contribution in [3.63, 3.8) is 0 Å². The fourth-order valence-electron chi connectivity index (χ4n) is 10.3. The van der Waals surface area contributed by atoms with Crippen molar-refractivity contribution < 1.29 is 4.42 Å². The number of hydrogen-bond acceptors (Lipinski definition) is 2. The first-order valence-electron chi connectivity index (χ1n) is 21.2. The Morgan fingerprint density at radius 1 is 0.323 bits per heavy atom. The molecule has 4 heteroatoms. The van der Waals surface area contributed by atoms with Crippen LogP contribution < -0.4 is 0 Å². The van der Waals surface area contributed by atoms with E-state index in [1.165, 1.54) is 91.2 Å². The highest BCUT2D eigenvalue weighted by atomic mass is 32.1. The topological polar surface area (TPSA) is 23.0 Å². The highest BCUT2D eigenvalue weighted by Crippen LogP contribution is 2.48. The Hall–Kier alpha value is -7.92. The van der Waals surface area contributed by atoms with Gasteiger partial charge in [0.15, 0.2) is 0 Å². The van der Waals surface area contributed by atoms with Crippen LogP contribution >= 0.6 is 11.3 Å². The summed E-state index contributed by atoms with van der Waals surface area (Å²) in [4.78, 5) is 0. The molecule has 4 aromatic heterocycles. The van der Waals surface area contributed by atoms with Crippen LogP contribution in [0.15, 0.2) is 211 Å². The Kier molecular flexibility index (Phi) is 6.99. The third kappa shape index (κ3) is 4.75. The molecule has 0 aliphatic heterocycles. The lowest BCUT2D eigenvalue weighted by Gasteiger charge is -2.10. The smallest absolute Gasteiger partial charge is 0.135 e. The monoisotopic (exact) mass is 806 g/mol. The zero-order valence-corrected chi connectivity index (χ0v) is 34.2. The van der Waals surface area contributed by atoms with Crippen LogP contribution in [0.1, 0.15) is 0 Å². The minimum Gasteiger partial charge on any atom is -0.456 e. The molecule has 0 N–H and O–H groups in total. The SMILES string of the molecule is c1ccc(-n2c3ccccc3c3cc(-c4ccc5oc6ccc(-c7ccc8c(c7)c7c9ccccc9c9c%10ccccc%10sc9c7n8-c7ccccc7)cc6c5c4)ccc32)cc1. The third-order valence-electron chi connectivity index (χ3n) is 13.1. The van der Waals surface area contributed by atoms with Gasteiger partial charge in [-0.1, -0.05) is 121 Å². The van der Waals surface area contributed by atoms with E-state index in [2.05, 4.69) is 215 Å². The molecule has 62 heavy (non-hydrogen) atoms. The quantitative estimate of drug-likeness (QED) is 0.174. The van der Waals surface area contributed by atoms with Gasteiger partial charge in [0, 0.05) is 59.2 Å². The molecule has 0 aliphatic carbocycles. The molecule has 288 valence electrons. The number of furan rings is 1. The molecule has 3 nitrogen and oxygen atoms in total. The Morgan fingerprint density at radius 3 is 1.45 bits per heavy atom. The van der Waals surface area contributed by atoms with Crippen LogP contribution in [0.5, 0.6) is 0 Å². The maximum atomic E-state index is 6.50. The molecule has 0 aliphatic rings.